The van der Waals surface area contributed by atoms with E-state index < -0.39 is 6.04 Å². The molecular weight excluding hydrogens is 222 g/mol. The molecule has 17 heavy (non-hydrogen) atoms. The van der Waals surface area contributed by atoms with E-state index in [0.29, 0.717) is 0 Å². The third-order valence-electron chi connectivity index (χ3n) is 2.80. The van der Waals surface area contributed by atoms with Gasteiger partial charge in [-0.25, -0.2) is 5.48 Å². The SMILES string of the molecule is CC(N)CCCC(C)C(=O)N[C@@H]1CONC1=O. The minimum Gasteiger partial charge on any atom is -0.342 e. The van der Waals surface area contributed by atoms with Gasteiger partial charge in [0.25, 0.3) is 5.91 Å². The summed E-state index contributed by atoms with van der Waals surface area (Å²) in [5.41, 5.74) is 7.84. The molecule has 98 valence electrons. The topological polar surface area (TPSA) is 93.5 Å². The van der Waals surface area contributed by atoms with E-state index in [1.807, 2.05) is 13.8 Å². The number of hydroxylamine groups is 1. The van der Waals surface area contributed by atoms with Crippen molar-refractivity contribution in [2.24, 2.45) is 11.7 Å². The second-order valence-electron chi connectivity index (χ2n) is 4.65. The first-order chi connectivity index (χ1) is 8.00. The van der Waals surface area contributed by atoms with Crippen molar-refractivity contribution in [3.63, 3.8) is 0 Å². The predicted molar refractivity (Wildman–Crippen MR) is 62.7 cm³/mol. The fourth-order valence-electron chi connectivity index (χ4n) is 1.64. The van der Waals surface area contributed by atoms with E-state index in [1.165, 1.54) is 0 Å². The van der Waals surface area contributed by atoms with Gasteiger partial charge >= 0.3 is 0 Å². The molecule has 0 bridgehead atoms. The highest BCUT2D eigenvalue weighted by Gasteiger charge is 2.28. The van der Waals surface area contributed by atoms with Crippen LogP contribution in [0.1, 0.15) is 33.1 Å². The molecule has 0 spiro atoms. The number of nitrogens with two attached hydrogens (primary N) is 1. The quantitative estimate of drug-likeness (QED) is 0.596. The lowest BCUT2D eigenvalue weighted by molar-refractivity contribution is -0.130. The van der Waals surface area contributed by atoms with Crippen LogP contribution >= 0.6 is 0 Å². The molecule has 1 heterocycles. The Hall–Kier alpha value is -1.14. The fraction of sp³-hybridized carbons (Fsp3) is 0.818. The molecule has 6 heteroatoms. The van der Waals surface area contributed by atoms with Crippen molar-refractivity contribution >= 4 is 11.8 Å². The largest absolute Gasteiger partial charge is 0.342 e. The molecule has 0 saturated carbocycles. The zero-order chi connectivity index (χ0) is 12.8. The van der Waals surface area contributed by atoms with Gasteiger partial charge in [-0.3, -0.25) is 14.4 Å². The number of carbonyl (C=O) groups is 2. The molecular formula is C11H21N3O3. The second kappa shape index (κ2) is 6.56. The molecule has 1 fully saturated rings. The van der Waals surface area contributed by atoms with Crippen LogP contribution in [0.5, 0.6) is 0 Å². The first-order valence-electron chi connectivity index (χ1n) is 5.98. The summed E-state index contributed by atoms with van der Waals surface area (Å²) in [6.07, 6.45) is 2.60. The van der Waals surface area contributed by atoms with Crippen molar-refractivity contribution in [3.8, 4) is 0 Å². The van der Waals surface area contributed by atoms with Crippen molar-refractivity contribution in [2.45, 2.75) is 45.2 Å². The Labute approximate surface area is 101 Å². The van der Waals surface area contributed by atoms with Gasteiger partial charge in [0, 0.05) is 12.0 Å². The van der Waals surface area contributed by atoms with Gasteiger partial charge in [0.15, 0.2) is 0 Å². The molecule has 1 saturated heterocycles. The normalized spacial score (nSPS) is 23.0. The maximum atomic E-state index is 11.7. The lowest BCUT2D eigenvalue weighted by Crippen LogP contribution is -2.43. The van der Waals surface area contributed by atoms with E-state index in [9.17, 15) is 9.59 Å². The zero-order valence-electron chi connectivity index (χ0n) is 10.4. The van der Waals surface area contributed by atoms with Gasteiger partial charge in [-0.15, -0.1) is 0 Å². The summed E-state index contributed by atoms with van der Waals surface area (Å²) in [5, 5.41) is 2.66. The van der Waals surface area contributed by atoms with Gasteiger partial charge in [0.2, 0.25) is 5.91 Å². The van der Waals surface area contributed by atoms with Crippen molar-refractivity contribution < 1.29 is 14.4 Å². The lowest BCUT2D eigenvalue weighted by Gasteiger charge is -2.14. The molecule has 1 aliphatic rings. The molecule has 0 radical (unpaired) electrons. The van der Waals surface area contributed by atoms with Crippen LogP contribution in [0, 0.1) is 5.92 Å². The molecule has 2 amide bonds. The highest BCUT2D eigenvalue weighted by molar-refractivity contribution is 5.88. The Morgan fingerprint density at radius 1 is 1.59 bits per heavy atom. The summed E-state index contributed by atoms with van der Waals surface area (Å²) in [6.45, 7) is 3.99. The molecule has 1 rings (SSSR count). The lowest BCUT2D eigenvalue weighted by atomic mass is 10.0. The number of nitrogens with one attached hydrogen (secondary N) is 2. The average molecular weight is 243 g/mol. The van der Waals surface area contributed by atoms with Crippen LogP contribution in [0.15, 0.2) is 0 Å². The van der Waals surface area contributed by atoms with E-state index in [1.54, 1.807) is 0 Å². The van der Waals surface area contributed by atoms with Gasteiger partial charge in [-0.05, 0) is 19.8 Å². The van der Waals surface area contributed by atoms with E-state index in [4.69, 9.17) is 10.6 Å². The molecule has 6 nitrogen and oxygen atoms in total. The highest BCUT2D eigenvalue weighted by atomic mass is 16.7. The molecule has 4 N–H and O–H groups in total. The van der Waals surface area contributed by atoms with Crippen molar-refractivity contribution in [3.05, 3.63) is 0 Å². The van der Waals surface area contributed by atoms with Crippen LogP contribution in [0.2, 0.25) is 0 Å². The second-order valence-corrected chi connectivity index (χ2v) is 4.65. The Morgan fingerprint density at radius 3 is 2.82 bits per heavy atom. The maximum absolute atomic E-state index is 11.7. The van der Waals surface area contributed by atoms with Crippen LogP contribution in [0.4, 0.5) is 0 Å². The van der Waals surface area contributed by atoms with Crippen LogP contribution in [0.3, 0.4) is 0 Å². The Kier molecular flexibility index (Phi) is 5.37. The maximum Gasteiger partial charge on any atom is 0.268 e. The summed E-state index contributed by atoms with van der Waals surface area (Å²) in [5.74, 6) is -0.511. The molecule has 3 atom stereocenters. The molecule has 0 aromatic carbocycles. The number of amides is 2. The first-order valence-corrected chi connectivity index (χ1v) is 5.98. The van der Waals surface area contributed by atoms with Gasteiger partial charge in [-0.1, -0.05) is 13.3 Å². The highest BCUT2D eigenvalue weighted by Crippen LogP contribution is 2.09. The van der Waals surface area contributed by atoms with E-state index in [-0.39, 0.29) is 30.4 Å². The van der Waals surface area contributed by atoms with E-state index in [2.05, 4.69) is 10.8 Å². The van der Waals surface area contributed by atoms with Crippen LogP contribution < -0.4 is 16.5 Å². The minimum atomic E-state index is -0.557. The van der Waals surface area contributed by atoms with Gasteiger partial charge in [-0.2, -0.15) is 0 Å². The summed E-state index contributed by atoms with van der Waals surface area (Å²) < 4.78 is 0. The number of hydrogen-bond donors (Lipinski definition) is 3. The monoisotopic (exact) mass is 243 g/mol. The smallest absolute Gasteiger partial charge is 0.268 e. The molecule has 0 aromatic rings. The minimum absolute atomic E-state index is 0.109. The van der Waals surface area contributed by atoms with Crippen molar-refractivity contribution in [2.75, 3.05) is 6.61 Å². The number of rotatable bonds is 6. The van der Waals surface area contributed by atoms with Crippen LogP contribution in [0.25, 0.3) is 0 Å². The zero-order valence-corrected chi connectivity index (χ0v) is 10.4. The molecule has 1 aliphatic heterocycles. The van der Waals surface area contributed by atoms with Crippen molar-refractivity contribution in [1.82, 2.24) is 10.8 Å². The summed E-state index contributed by atoms with van der Waals surface area (Å²) >= 11 is 0. The third kappa shape index (κ3) is 4.70. The standard InChI is InChI=1S/C11H21N3O3/c1-7(4-3-5-8(2)12)10(15)13-9-6-17-14-11(9)16/h7-9H,3-6,12H2,1-2H3,(H,13,15)(H,14,16)/t7?,8?,9-/m1/s1. The molecule has 0 aliphatic carbocycles. The van der Waals surface area contributed by atoms with Crippen LogP contribution in [-0.4, -0.2) is 30.5 Å². The first kappa shape index (κ1) is 13.9. The van der Waals surface area contributed by atoms with Gasteiger partial charge in [0.05, 0.1) is 0 Å². The molecule has 0 aromatic heterocycles. The Balaban J connectivity index is 2.24. The Bertz CT molecular complexity index is 281. The summed E-state index contributed by atoms with van der Waals surface area (Å²) in [6, 6.07) is -0.391. The van der Waals surface area contributed by atoms with E-state index >= 15 is 0 Å². The van der Waals surface area contributed by atoms with Crippen molar-refractivity contribution in [1.29, 1.82) is 0 Å². The summed E-state index contributed by atoms with van der Waals surface area (Å²) in [7, 11) is 0. The number of carbonyl (C=O) groups excluding carboxylic acids is 2. The van der Waals surface area contributed by atoms with Gasteiger partial charge in [0.1, 0.15) is 12.6 Å². The number of hydrogen-bond acceptors (Lipinski definition) is 4. The predicted octanol–water partition coefficient (Wildman–Crippen LogP) is -0.314. The summed E-state index contributed by atoms with van der Waals surface area (Å²) in [4.78, 5) is 27.6. The van der Waals surface area contributed by atoms with E-state index in [0.717, 1.165) is 19.3 Å². The van der Waals surface area contributed by atoms with Gasteiger partial charge < -0.3 is 11.1 Å². The molecule has 2 unspecified atom stereocenters. The third-order valence-corrected chi connectivity index (χ3v) is 2.80. The van der Waals surface area contributed by atoms with Crippen LogP contribution in [-0.2, 0) is 14.4 Å². The fourth-order valence-corrected chi connectivity index (χ4v) is 1.64. The Morgan fingerprint density at radius 2 is 2.29 bits per heavy atom. The average Bonchev–Trinajstić information content (AvgIpc) is 2.63.